The number of amides is 2. The number of nitro benzene ring substituents is 1. The number of nitro groups is 1. The van der Waals surface area contributed by atoms with Gasteiger partial charge in [-0.1, -0.05) is 12.1 Å². The van der Waals surface area contributed by atoms with Gasteiger partial charge in [-0.2, -0.15) is 0 Å². The van der Waals surface area contributed by atoms with Crippen molar-refractivity contribution in [3.05, 3.63) is 58.1 Å². The Morgan fingerprint density at radius 3 is 2.72 bits per heavy atom. The molecule has 152 valence electrons. The first kappa shape index (κ1) is 20.3. The van der Waals surface area contributed by atoms with E-state index in [-0.39, 0.29) is 17.2 Å². The maximum absolute atomic E-state index is 12.7. The molecule has 1 aliphatic rings. The number of para-hydroxylation sites is 2. The van der Waals surface area contributed by atoms with E-state index in [1.54, 1.807) is 29.2 Å². The van der Waals surface area contributed by atoms with Crippen molar-refractivity contribution >= 4 is 34.6 Å². The summed E-state index contributed by atoms with van der Waals surface area (Å²) in [7, 11) is 1.54. The Morgan fingerprint density at radius 2 is 2.03 bits per heavy atom. The zero-order valence-corrected chi connectivity index (χ0v) is 16.0. The van der Waals surface area contributed by atoms with Crippen LogP contribution in [-0.4, -0.2) is 43.5 Å². The molecule has 1 fully saturated rings. The second-order valence-electron chi connectivity index (χ2n) is 6.53. The van der Waals surface area contributed by atoms with Crippen molar-refractivity contribution in [2.45, 2.75) is 12.8 Å². The maximum Gasteiger partial charge on any atom is 0.293 e. The summed E-state index contributed by atoms with van der Waals surface area (Å²) in [5.74, 6) is -0.482. The van der Waals surface area contributed by atoms with Crippen molar-refractivity contribution in [1.82, 2.24) is 0 Å². The third-order valence-corrected chi connectivity index (χ3v) is 4.59. The molecule has 0 radical (unpaired) electrons. The summed E-state index contributed by atoms with van der Waals surface area (Å²) in [6, 6.07) is 11.3. The van der Waals surface area contributed by atoms with E-state index in [1.165, 1.54) is 25.3 Å². The second-order valence-corrected chi connectivity index (χ2v) is 6.53. The van der Waals surface area contributed by atoms with E-state index >= 15 is 0 Å². The van der Waals surface area contributed by atoms with Crippen LogP contribution in [0.2, 0.25) is 0 Å². The molecule has 0 spiro atoms. The molecule has 1 heterocycles. The summed E-state index contributed by atoms with van der Waals surface area (Å²) >= 11 is 0. The number of benzene rings is 2. The lowest BCUT2D eigenvalue weighted by Crippen LogP contribution is -2.25. The van der Waals surface area contributed by atoms with Crippen molar-refractivity contribution in [2.24, 2.45) is 0 Å². The molecule has 29 heavy (non-hydrogen) atoms. The van der Waals surface area contributed by atoms with Crippen molar-refractivity contribution in [1.29, 1.82) is 0 Å². The predicted octanol–water partition coefficient (Wildman–Crippen LogP) is 3.03. The van der Waals surface area contributed by atoms with Crippen molar-refractivity contribution in [3.8, 4) is 0 Å². The van der Waals surface area contributed by atoms with Crippen molar-refractivity contribution in [2.75, 3.05) is 42.3 Å². The van der Waals surface area contributed by atoms with Crippen LogP contribution >= 0.6 is 0 Å². The number of nitrogens with zero attached hydrogens (tertiary/aromatic N) is 2. The van der Waals surface area contributed by atoms with Gasteiger partial charge in [0.2, 0.25) is 5.91 Å². The van der Waals surface area contributed by atoms with Crippen LogP contribution in [0.1, 0.15) is 23.2 Å². The smallest absolute Gasteiger partial charge is 0.293 e. The molecule has 0 saturated carbocycles. The molecule has 0 atom stereocenters. The molecule has 0 aromatic heterocycles. The molecular formula is C20H22N4O5. The summed E-state index contributed by atoms with van der Waals surface area (Å²) in [5, 5.41) is 17.1. The van der Waals surface area contributed by atoms with E-state index in [2.05, 4.69) is 10.6 Å². The highest BCUT2D eigenvalue weighted by Crippen LogP contribution is 2.30. The fourth-order valence-electron chi connectivity index (χ4n) is 3.17. The number of ether oxygens (including phenoxy) is 1. The first-order valence-corrected chi connectivity index (χ1v) is 9.23. The van der Waals surface area contributed by atoms with Crippen LogP contribution in [0.3, 0.4) is 0 Å². The average molecular weight is 398 g/mol. The molecule has 1 saturated heterocycles. The van der Waals surface area contributed by atoms with E-state index < -0.39 is 10.8 Å². The van der Waals surface area contributed by atoms with Gasteiger partial charge in [-0.15, -0.1) is 0 Å². The zero-order chi connectivity index (χ0) is 20.8. The van der Waals surface area contributed by atoms with E-state index in [0.29, 0.717) is 43.2 Å². The highest BCUT2D eigenvalue weighted by Gasteiger charge is 2.25. The fourth-order valence-corrected chi connectivity index (χ4v) is 3.17. The third-order valence-electron chi connectivity index (χ3n) is 4.59. The van der Waals surface area contributed by atoms with Gasteiger partial charge in [0.15, 0.2) is 0 Å². The van der Waals surface area contributed by atoms with Gasteiger partial charge < -0.3 is 20.3 Å². The number of nitrogens with one attached hydrogen (secondary N) is 2. The lowest BCUT2D eigenvalue weighted by molar-refractivity contribution is -0.384. The average Bonchev–Trinajstić information content (AvgIpc) is 3.14. The number of carbonyl (C=O) groups excluding carboxylic acids is 2. The van der Waals surface area contributed by atoms with Gasteiger partial charge in [-0.3, -0.25) is 19.7 Å². The molecule has 9 heteroatoms. The van der Waals surface area contributed by atoms with Crippen LogP contribution in [0, 0.1) is 10.1 Å². The molecule has 2 aromatic rings. The predicted molar refractivity (Wildman–Crippen MR) is 109 cm³/mol. The third kappa shape index (κ3) is 4.69. The molecule has 3 rings (SSSR count). The Balaban J connectivity index is 1.82. The van der Waals surface area contributed by atoms with Gasteiger partial charge in [-0.25, -0.2) is 0 Å². The number of carbonyl (C=O) groups is 2. The monoisotopic (exact) mass is 398 g/mol. The highest BCUT2D eigenvalue weighted by atomic mass is 16.6. The lowest BCUT2D eigenvalue weighted by Gasteiger charge is -2.20. The highest BCUT2D eigenvalue weighted by molar-refractivity contribution is 6.08. The fraction of sp³-hybridized carbons (Fsp3) is 0.300. The minimum atomic E-state index is -0.539. The molecule has 2 aromatic carbocycles. The Hall–Kier alpha value is -3.46. The summed E-state index contributed by atoms with van der Waals surface area (Å²) in [6.45, 7) is 1.39. The first-order valence-electron chi connectivity index (χ1n) is 9.23. The van der Waals surface area contributed by atoms with Gasteiger partial charge >= 0.3 is 0 Å². The van der Waals surface area contributed by atoms with Gasteiger partial charge in [0.05, 0.1) is 22.9 Å². The van der Waals surface area contributed by atoms with E-state index in [1.807, 2.05) is 0 Å². The molecule has 1 aliphatic heterocycles. The standard InChI is InChI=1S/C20H22N4O5/c1-29-12-10-21-15-9-8-14(13-18(15)24(27)28)20(26)22-16-5-2-3-6-17(16)23-11-4-7-19(23)25/h2-3,5-6,8-9,13,21H,4,7,10-12H2,1H3,(H,22,26). The lowest BCUT2D eigenvalue weighted by atomic mass is 10.1. The van der Waals surface area contributed by atoms with Crippen molar-refractivity contribution in [3.63, 3.8) is 0 Å². The SMILES string of the molecule is COCCNc1ccc(C(=O)Nc2ccccc2N2CCCC2=O)cc1[N+](=O)[O-]. The number of methoxy groups -OCH3 is 1. The summed E-state index contributed by atoms with van der Waals surface area (Å²) in [5.41, 5.74) is 1.37. The van der Waals surface area contributed by atoms with E-state index in [0.717, 1.165) is 6.42 Å². The van der Waals surface area contributed by atoms with Crippen LogP contribution in [0.15, 0.2) is 42.5 Å². The summed E-state index contributed by atoms with van der Waals surface area (Å²) in [4.78, 5) is 37.3. The maximum atomic E-state index is 12.7. The number of anilines is 3. The molecule has 0 bridgehead atoms. The molecule has 2 N–H and O–H groups in total. The number of rotatable bonds is 8. The number of hydrogen-bond donors (Lipinski definition) is 2. The van der Waals surface area contributed by atoms with Crippen LogP contribution in [0.5, 0.6) is 0 Å². The Labute approximate surface area is 167 Å². The minimum Gasteiger partial charge on any atom is -0.383 e. The van der Waals surface area contributed by atoms with Crippen LogP contribution in [0.25, 0.3) is 0 Å². The van der Waals surface area contributed by atoms with Gasteiger partial charge in [-0.05, 0) is 30.7 Å². The zero-order valence-electron chi connectivity index (χ0n) is 16.0. The topological polar surface area (TPSA) is 114 Å². The molecule has 0 unspecified atom stereocenters. The quantitative estimate of drug-likeness (QED) is 0.401. The summed E-state index contributed by atoms with van der Waals surface area (Å²) in [6.07, 6.45) is 1.25. The number of hydrogen-bond acceptors (Lipinski definition) is 6. The minimum absolute atomic E-state index is 0.00817. The molecular weight excluding hydrogens is 376 g/mol. The van der Waals surface area contributed by atoms with Crippen molar-refractivity contribution < 1.29 is 19.2 Å². The van der Waals surface area contributed by atoms with E-state index in [4.69, 9.17) is 4.74 Å². The normalized spacial score (nSPS) is 13.4. The Bertz CT molecular complexity index is 931. The molecule has 9 nitrogen and oxygen atoms in total. The van der Waals surface area contributed by atoms with Crippen LogP contribution in [-0.2, 0) is 9.53 Å². The van der Waals surface area contributed by atoms with Gasteiger partial charge in [0, 0.05) is 38.2 Å². The summed E-state index contributed by atoms with van der Waals surface area (Å²) < 4.78 is 4.93. The van der Waals surface area contributed by atoms with Crippen LogP contribution in [0.4, 0.5) is 22.7 Å². The Kier molecular flexibility index (Phi) is 6.40. The Morgan fingerprint density at radius 1 is 1.24 bits per heavy atom. The van der Waals surface area contributed by atoms with Gasteiger partial charge in [0.1, 0.15) is 5.69 Å². The molecule has 2 amide bonds. The van der Waals surface area contributed by atoms with E-state index in [9.17, 15) is 19.7 Å². The molecule has 0 aliphatic carbocycles. The largest absolute Gasteiger partial charge is 0.383 e. The van der Waals surface area contributed by atoms with Crippen LogP contribution < -0.4 is 15.5 Å². The second kappa shape index (κ2) is 9.16. The van der Waals surface area contributed by atoms with Gasteiger partial charge in [0.25, 0.3) is 11.6 Å². The first-order chi connectivity index (χ1) is 14.0.